The zero-order chi connectivity index (χ0) is 43.4. The lowest BCUT2D eigenvalue weighted by Crippen LogP contribution is -2.31. The number of piperidine rings is 2. The number of anilines is 2. The van der Waals surface area contributed by atoms with Crippen LogP contribution in [0, 0.1) is 11.6 Å². The molecule has 0 saturated carbocycles. The molecule has 5 N–H and O–H groups in total. The predicted octanol–water partition coefficient (Wildman–Crippen LogP) is 9.21. The molecule has 0 aliphatic carbocycles. The first kappa shape index (κ1) is 44.2. The monoisotopic (exact) mass is 914 g/mol. The van der Waals surface area contributed by atoms with Crippen LogP contribution in [0.25, 0.3) is 22.5 Å². The number of hydrogen-bond donors (Lipinski definition) is 3. The van der Waals surface area contributed by atoms with Crippen LogP contribution in [-0.2, 0) is 0 Å². The number of ether oxygens (including phenoxy) is 2. The Hall–Kier alpha value is -4.84. The van der Waals surface area contributed by atoms with Gasteiger partial charge in [-0.3, -0.25) is 0 Å². The van der Waals surface area contributed by atoms with Gasteiger partial charge in [-0.25, -0.2) is 28.1 Å². The van der Waals surface area contributed by atoms with Crippen LogP contribution in [0.15, 0.2) is 61.2 Å². The normalized spacial score (nSPS) is 16.1. The molecule has 6 aromatic rings. The van der Waals surface area contributed by atoms with Gasteiger partial charge in [-0.1, -0.05) is 56.8 Å². The summed E-state index contributed by atoms with van der Waals surface area (Å²) < 4.78 is 43.5. The third-order valence-electron chi connectivity index (χ3n) is 10.7. The molecule has 2 aliphatic rings. The first-order chi connectivity index (χ1) is 29.3. The lowest BCUT2D eigenvalue weighted by Gasteiger charge is -2.28. The van der Waals surface area contributed by atoms with Gasteiger partial charge < -0.3 is 31.2 Å². The molecule has 4 aromatic heterocycles. The van der Waals surface area contributed by atoms with Gasteiger partial charge in [0.15, 0.2) is 23.1 Å². The number of nitrogens with two attached hydrogens (primary N) is 2. The second-order valence-corrected chi connectivity index (χ2v) is 16.5. The van der Waals surface area contributed by atoms with E-state index in [4.69, 9.17) is 67.3 Å². The maximum absolute atomic E-state index is 13.9. The predicted molar refractivity (Wildman–Crippen MR) is 233 cm³/mol. The highest BCUT2D eigenvalue weighted by molar-refractivity contribution is 6.36. The number of hydrogen-bond acceptors (Lipinski definition) is 12. The fourth-order valence-electron chi connectivity index (χ4n) is 7.21. The molecule has 2 aromatic carbocycles. The van der Waals surface area contributed by atoms with Crippen molar-refractivity contribution < 1.29 is 18.3 Å². The van der Waals surface area contributed by atoms with Gasteiger partial charge in [0.05, 0.1) is 34.5 Å². The SMILES string of the molecule is CC(Oc1cc(-c2cn(C3CCN(C)CC3)nn2)cnc1N)c1c(Cl)ccc(F)c1Cl.CC(Oc1cc(-c2cn(C3CCNCC3)nn2)cnc1N)c1c(Cl)ccc(F)c1Cl. The van der Waals surface area contributed by atoms with E-state index in [-0.39, 0.29) is 21.7 Å². The maximum Gasteiger partial charge on any atom is 0.166 e. The number of aromatic nitrogens is 8. The van der Waals surface area contributed by atoms with E-state index in [2.05, 4.69) is 47.9 Å². The minimum absolute atomic E-state index is 0.0799. The average molecular weight is 917 g/mol. The lowest BCUT2D eigenvalue weighted by molar-refractivity contribution is 0.210. The molecule has 2 saturated heterocycles. The second kappa shape index (κ2) is 19.5. The Morgan fingerprint density at radius 1 is 0.689 bits per heavy atom. The van der Waals surface area contributed by atoms with Crippen LogP contribution >= 0.6 is 46.4 Å². The quantitative estimate of drug-likeness (QED) is 0.111. The summed E-state index contributed by atoms with van der Waals surface area (Å²) >= 11 is 24.6. The molecular weight excluding hydrogens is 872 g/mol. The third-order valence-corrected chi connectivity index (χ3v) is 12.1. The number of nitrogens with zero attached hydrogens (tertiary/aromatic N) is 9. The molecule has 0 amide bonds. The van der Waals surface area contributed by atoms with Crippen molar-refractivity contribution in [1.29, 1.82) is 0 Å². The fraction of sp³-hybridized carbons (Fsp3) is 0.366. The van der Waals surface area contributed by atoms with Crippen LogP contribution in [0.3, 0.4) is 0 Å². The molecule has 2 unspecified atom stereocenters. The van der Waals surface area contributed by atoms with Crippen molar-refractivity contribution in [1.82, 2.24) is 50.2 Å². The number of pyridine rings is 2. The number of nitrogens with one attached hydrogen (secondary N) is 1. The van der Waals surface area contributed by atoms with Gasteiger partial charge in [-0.05, 0) is 109 Å². The van der Waals surface area contributed by atoms with Gasteiger partial charge >= 0.3 is 0 Å². The topological polar surface area (TPSA) is 173 Å². The lowest BCUT2D eigenvalue weighted by atomic mass is 10.1. The summed E-state index contributed by atoms with van der Waals surface area (Å²) in [4.78, 5) is 10.7. The van der Waals surface area contributed by atoms with E-state index in [0.717, 1.165) is 51.9 Å². The Balaban J connectivity index is 0.000000184. The van der Waals surface area contributed by atoms with Gasteiger partial charge in [0, 0.05) is 44.7 Å². The molecule has 20 heteroatoms. The van der Waals surface area contributed by atoms with Crippen LogP contribution in [0.2, 0.25) is 20.1 Å². The summed E-state index contributed by atoms with van der Waals surface area (Å²) in [5, 5.41) is 20.9. The molecule has 0 spiro atoms. The fourth-order valence-corrected chi connectivity index (χ4v) is 8.57. The molecule has 2 aliphatic heterocycles. The zero-order valence-electron chi connectivity index (χ0n) is 33.5. The van der Waals surface area contributed by atoms with Crippen LogP contribution in [0.1, 0.15) is 74.9 Å². The van der Waals surface area contributed by atoms with E-state index in [1.807, 2.05) is 21.8 Å². The highest BCUT2D eigenvalue weighted by atomic mass is 35.5. The minimum atomic E-state index is -0.648. The molecule has 322 valence electrons. The van der Waals surface area contributed by atoms with Crippen molar-refractivity contribution in [3.63, 3.8) is 0 Å². The molecule has 6 heterocycles. The molecule has 2 fully saturated rings. The minimum Gasteiger partial charge on any atom is -0.482 e. The molecule has 0 radical (unpaired) electrons. The zero-order valence-corrected chi connectivity index (χ0v) is 36.5. The van der Waals surface area contributed by atoms with E-state index in [1.54, 1.807) is 38.4 Å². The standard InChI is InChI=1S/C21H23Cl2FN6O.C20H21Cl2FN6O/c1-12(19-15(22)3-4-16(24)20(19)23)31-18-9-13(10-26-21(18)25)17-11-30(28-27-17)14-5-7-29(2)8-6-14;1-11(18-14(21)2-3-15(23)19(18)22)30-17-8-12(9-26-20(17)24)16-10-29(28-27-16)13-4-6-25-7-5-13/h3-4,9-12,14H,5-8H2,1-2H3,(H2,25,26);2-3,8-11,13,25H,4-7H2,1H3,(H2,24,26). The van der Waals surface area contributed by atoms with Gasteiger partial charge in [0.25, 0.3) is 0 Å². The van der Waals surface area contributed by atoms with Crippen molar-refractivity contribution >= 4 is 58.0 Å². The van der Waals surface area contributed by atoms with Gasteiger partial charge in [-0.15, -0.1) is 10.2 Å². The first-order valence-electron chi connectivity index (χ1n) is 19.6. The largest absolute Gasteiger partial charge is 0.482 e. The summed E-state index contributed by atoms with van der Waals surface area (Å²) in [7, 11) is 2.12. The van der Waals surface area contributed by atoms with Crippen molar-refractivity contribution in [2.24, 2.45) is 0 Å². The van der Waals surface area contributed by atoms with Crippen LogP contribution in [0.4, 0.5) is 20.4 Å². The molecule has 61 heavy (non-hydrogen) atoms. The third kappa shape index (κ3) is 10.3. The van der Waals surface area contributed by atoms with E-state index in [0.29, 0.717) is 67.3 Å². The summed E-state index contributed by atoms with van der Waals surface area (Å²) in [6.45, 7) is 7.42. The van der Waals surface area contributed by atoms with Gasteiger partial charge in [0.1, 0.15) is 35.2 Å². The summed E-state index contributed by atoms with van der Waals surface area (Å²) in [6, 6.07) is 9.43. The Kier molecular flexibility index (Phi) is 14.1. The average Bonchev–Trinajstić information content (AvgIpc) is 3.95. The Bertz CT molecular complexity index is 2480. The highest BCUT2D eigenvalue weighted by Crippen LogP contribution is 2.39. The number of benzene rings is 2. The maximum atomic E-state index is 13.9. The van der Waals surface area contributed by atoms with Crippen LogP contribution in [0.5, 0.6) is 11.5 Å². The van der Waals surface area contributed by atoms with E-state index in [1.165, 1.54) is 24.3 Å². The van der Waals surface area contributed by atoms with Crippen molar-refractivity contribution in [2.45, 2.75) is 63.8 Å². The van der Waals surface area contributed by atoms with E-state index in [9.17, 15) is 8.78 Å². The Morgan fingerprint density at radius 2 is 1.11 bits per heavy atom. The Labute approximate surface area is 371 Å². The summed E-state index contributed by atoms with van der Waals surface area (Å²) in [6.07, 6.45) is 9.82. The van der Waals surface area contributed by atoms with Crippen molar-refractivity contribution in [3.05, 3.63) is 104 Å². The van der Waals surface area contributed by atoms with E-state index < -0.39 is 23.8 Å². The van der Waals surface area contributed by atoms with Crippen LogP contribution < -0.4 is 26.3 Å². The Morgan fingerprint density at radius 3 is 1.56 bits per heavy atom. The molecular formula is C41H44Cl4F2N12O2. The van der Waals surface area contributed by atoms with Crippen molar-refractivity contribution in [2.75, 3.05) is 44.7 Å². The molecule has 2 atom stereocenters. The number of rotatable bonds is 10. The van der Waals surface area contributed by atoms with E-state index >= 15 is 0 Å². The second-order valence-electron chi connectivity index (χ2n) is 14.9. The van der Waals surface area contributed by atoms with Crippen LogP contribution in [-0.4, -0.2) is 78.1 Å². The molecule has 14 nitrogen and oxygen atoms in total. The van der Waals surface area contributed by atoms with Gasteiger partial charge in [-0.2, -0.15) is 0 Å². The smallest absolute Gasteiger partial charge is 0.166 e. The molecule has 0 bridgehead atoms. The number of nitrogen functional groups attached to an aromatic ring is 2. The first-order valence-corrected chi connectivity index (χ1v) is 21.1. The van der Waals surface area contributed by atoms with Crippen molar-refractivity contribution in [3.8, 4) is 34.0 Å². The molecule has 8 rings (SSSR count). The highest BCUT2D eigenvalue weighted by Gasteiger charge is 2.24. The van der Waals surface area contributed by atoms with Gasteiger partial charge in [0.2, 0.25) is 0 Å². The number of likely N-dealkylation sites (tertiary alicyclic amines) is 1. The number of halogens is 6. The summed E-state index contributed by atoms with van der Waals surface area (Å²) in [5.41, 5.74) is 15.5. The summed E-state index contributed by atoms with van der Waals surface area (Å²) in [5.74, 6) is -0.0900.